The number of hydrogen-bond donors (Lipinski definition) is 1. The largest absolute Gasteiger partial charge is 0.468 e. The summed E-state index contributed by atoms with van der Waals surface area (Å²) in [5.41, 5.74) is 4.89. The van der Waals surface area contributed by atoms with E-state index in [-0.39, 0.29) is 48.2 Å². The number of aromatic nitrogens is 3. The van der Waals surface area contributed by atoms with E-state index in [2.05, 4.69) is 69.1 Å². The molecule has 1 N–H and O–H groups in total. The Bertz CT molecular complexity index is 2000. The Kier molecular flexibility index (Phi) is 10.7. The summed E-state index contributed by atoms with van der Waals surface area (Å²) >= 11 is 0. The molecular formula is C40H48F2N4O4Si. The fraction of sp³-hybridized carbons (Fsp3) is 0.475. The van der Waals surface area contributed by atoms with E-state index >= 15 is 8.78 Å². The topological polar surface area (TPSA) is 89.8 Å². The number of methoxy groups -OCH3 is 1. The lowest BCUT2D eigenvalue weighted by Crippen LogP contribution is -2.43. The van der Waals surface area contributed by atoms with Gasteiger partial charge in [0.2, 0.25) is 0 Å². The maximum atomic E-state index is 17.2. The standard InChI is InChI=1S/C40H48F2N4O4Si/c1-25(2)51(26(3)4,27(5)6)18-13-30-33(41)12-11-28-19-29(50-24-48-7)20-31(34(28)30)36-35(42)37-32(21-43-36)38(46-16-9-8-10-17-46)45-39(44-37)49-23-40(22-47)14-15-40/h8-9,11-12,19-21,25-27,47H,10,14-17,22-24H2,1-7H3. The number of halogens is 2. The first-order valence-electron chi connectivity index (χ1n) is 17.9. The Morgan fingerprint density at radius 3 is 2.37 bits per heavy atom. The SMILES string of the molecule is COCOc1cc(-c2ncc3c(N4CC=CCC4)nc(OCC4(CO)CC4)nc3c2F)c2c(C#C[Si](C(C)C)(C(C)C)C(C)C)c(F)ccc2c1. The van der Waals surface area contributed by atoms with Gasteiger partial charge in [-0.2, -0.15) is 9.97 Å². The van der Waals surface area contributed by atoms with Crippen molar-refractivity contribution in [2.75, 3.05) is 45.1 Å². The third-order valence-corrected chi connectivity index (χ3v) is 17.0. The number of ether oxygens (including phenoxy) is 3. The van der Waals surface area contributed by atoms with Crippen molar-refractivity contribution in [1.82, 2.24) is 15.0 Å². The van der Waals surface area contributed by atoms with Crippen molar-refractivity contribution in [2.45, 2.75) is 77.4 Å². The Morgan fingerprint density at radius 1 is 1.00 bits per heavy atom. The molecule has 4 aromatic rings. The number of pyridine rings is 1. The highest BCUT2D eigenvalue weighted by Gasteiger charge is 2.43. The summed E-state index contributed by atoms with van der Waals surface area (Å²) in [6, 6.07) is 6.53. The second-order valence-corrected chi connectivity index (χ2v) is 20.4. The Labute approximate surface area is 300 Å². The van der Waals surface area contributed by atoms with Crippen LogP contribution in [0.25, 0.3) is 32.9 Å². The van der Waals surface area contributed by atoms with Crippen LogP contribution in [0.2, 0.25) is 16.6 Å². The number of benzene rings is 2. The van der Waals surface area contributed by atoms with Crippen molar-refractivity contribution in [2.24, 2.45) is 5.41 Å². The van der Waals surface area contributed by atoms with Crippen molar-refractivity contribution in [3.05, 3.63) is 59.8 Å². The van der Waals surface area contributed by atoms with E-state index in [1.54, 1.807) is 24.4 Å². The molecule has 1 fully saturated rings. The lowest BCUT2D eigenvalue weighted by Gasteiger charge is -2.38. The van der Waals surface area contributed by atoms with Crippen LogP contribution >= 0.6 is 0 Å². The molecule has 270 valence electrons. The normalized spacial score (nSPS) is 15.6. The van der Waals surface area contributed by atoms with Gasteiger partial charge >= 0.3 is 6.01 Å². The van der Waals surface area contributed by atoms with Crippen molar-refractivity contribution < 1.29 is 28.1 Å². The third kappa shape index (κ3) is 7.06. The molecule has 6 rings (SSSR count). The van der Waals surface area contributed by atoms with E-state index in [1.807, 2.05) is 11.0 Å². The highest BCUT2D eigenvalue weighted by Crippen LogP contribution is 2.46. The monoisotopic (exact) mass is 714 g/mol. The molecule has 0 bridgehead atoms. The van der Waals surface area contributed by atoms with Gasteiger partial charge in [-0.15, -0.1) is 5.54 Å². The van der Waals surface area contributed by atoms with Crippen molar-refractivity contribution >= 4 is 35.6 Å². The fourth-order valence-corrected chi connectivity index (χ4v) is 12.8. The quantitative estimate of drug-likeness (QED) is 0.0676. The van der Waals surface area contributed by atoms with Gasteiger partial charge in [-0.05, 0) is 59.5 Å². The highest BCUT2D eigenvalue weighted by molar-refractivity contribution is 6.90. The third-order valence-electron chi connectivity index (χ3n) is 10.7. The Hall–Kier alpha value is -4.11. The zero-order valence-electron chi connectivity index (χ0n) is 30.6. The van der Waals surface area contributed by atoms with Crippen LogP contribution < -0.4 is 14.4 Å². The van der Waals surface area contributed by atoms with Crippen LogP contribution in [0.4, 0.5) is 14.6 Å². The average Bonchev–Trinajstić information content (AvgIpc) is 3.91. The highest BCUT2D eigenvalue weighted by atomic mass is 28.3. The van der Waals surface area contributed by atoms with Crippen LogP contribution in [0.1, 0.15) is 66.4 Å². The van der Waals surface area contributed by atoms with Gasteiger partial charge in [-0.25, -0.2) is 8.78 Å². The summed E-state index contributed by atoms with van der Waals surface area (Å²) < 4.78 is 50.3. The summed E-state index contributed by atoms with van der Waals surface area (Å²) in [5.74, 6) is 3.06. The molecule has 1 aliphatic carbocycles. The van der Waals surface area contributed by atoms with Crippen molar-refractivity contribution in [1.29, 1.82) is 0 Å². The molecular weight excluding hydrogens is 667 g/mol. The number of fused-ring (bicyclic) bond motifs is 2. The molecule has 2 aromatic carbocycles. The number of aliphatic hydroxyl groups excluding tert-OH is 1. The number of rotatable bonds is 12. The number of aliphatic hydroxyl groups is 1. The first kappa shape index (κ1) is 36.7. The maximum absolute atomic E-state index is 17.2. The molecule has 0 spiro atoms. The lowest BCUT2D eigenvalue weighted by atomic mass is 9.95. The van der Waals surface area contributed by atoms with Gasteiger partial charge in [0.1, 0.15) is 36.7 Å². The summed E-state index contributed by atoms with van der Waals surface area (Å²) in [6.45, 7) is 14.7. The molecule has 0 unspecified atom stereocenters. The maximum Gasteiger partial charge on any atom is 0.319 e. The van der Waals surface area contributed by atoms with Gasteiger partial charge in [0, 0.05) is 42.8 Å². The van der Waals surface area contributed by atoms with Crippen LogP contribution in [0.5, 0.6) is 11.8 Å². The average molecular weight is 715 g/mol. The van der Waals surface area contributed by atoms with Gasteiger partial charge in [0.15, 0.2) is 12.6 Å². The Balaban J connectivity index is 1.60. The van der Waals surface area contributed by atoms with E-state index in [0.717, 1.165) is 19.3 Å². The fourth-order valence-electron chi connectivity index (χ4n) is 7.63. The zero-order valence-corrected chi connectivity index (χ0v) is 31.6. The first-order valence-corrected chi connectivity index (χ1v) is 20.1. The molecule has 0 atom stereocenters. The predicted molar refractivity (Wildman–Crippen MR) is 201 cm³/mol. The first-order chi connectivity index (χ1) is 24.4. The molecule has 0 radical (unpaired) electrons. The second kappa shape index (κ2) is 14.9. The minimum atomic E-state index is -2.26. The molecule has 1 saturated carbocycles. The van der Waals surface area contributed by atoms with Gasteiger partial charge < -0.3 is 24.2 Å². The van der Waals surface area contributed by atoms with E-state index in [1.165, 1.54) is 13.2 Å². The second-order valence-electron chi connectivity index (χ2n) is 14.9. The molecule has 2 aliphatic rings. The smallest absolute Gasteiger partial charge is 0.319 e. The van der Waals surface area contributed by atoms with E-state index in [4.69, 9.17) is 19.2 Å². The minimum Gasteiger partial charge on any atom is -0.468 e. The van der Waals surface area contributed by atoms with Crippen molar-refractivity contribution in [3.8, 4) is 34.5 Å². The summed E-state index contributed by atoms with van der Waals surface area (Å²) in [6.07, 6.45) is 8.22. The minimum absolute atomic E-state index is 0.00174. The summed E-state index contributed by atoms with van der Waals surface area (Å²) in [5, 5.41) is 11.4. The van der Waals surface area contributed by atoms with Gasteiger partial charge in [-0.1, -0.05) is 65.7 Å². The predicted octanol–water partition coefficient (Wildman–Crippen LogP) is 8.59. The van der Waals surface area contributed by atoms with Gasteiger partial charge in [0.05, 0.1) is 24.2 Å². The van der Waals surface area contributed by atoms with E-state index < -0.39 is 19.7 Å². The zero-order chi connectivity index (χ0) is 36.5. The molecule has 51 heavy (non-hydrogen) atoms. The lowest BCUT2D eigenvalue weighted by molar-refractivity contribution is 0.0512. The molecule has 11 heteroatoms. The molecule has 0 amide bonds. The van der Waals surface area contributed by atoms with Gasteiger partial charge in [-0.3, -0.25) is 4.98 Å². The number of hydrogen-bond acceptors (Lipinski definition) is 8. The molecule has 3 heterocycles. The van der Waals surface area contributed by atoms with Crippen LogP contribution in [-0.2, 0) is 4.74 Å². The van der Waals surface area contributed by atoms with Crippen LogP contribution in [0.3, 0.4) is 0 Å². The van der Waals surface area contributed by atoms with Crippen LogP contribution in [-0.4, -0.2) is 68.3 Å². The molecule has 2 aromatic heterocycles. The van der Waals surface area contributed by atoms with Crippen molar-refractivity contribution in [3.63, 3.8) is 0 Å². The number of anilines is 1. The van der Waals surface area contributed by atoms with Crippen LogP contribution in [0, 0.1) is 28.5 Å². The molecule has 1 aliphatic heterocycles. The summed E-state index contributed by atoms with van der Waals surface area (Å²) in [7, 11) is -0.738. The molecule has 0 saturated heterocycles. The summed E-state index contributed by atoms with van der Waals surface area (Å²) in [4.78, 5) is 16.0. The van der Waals surface area contributed by atoms with Crippen LogP contribution in [0.15, 0.2) is 42.6 Å². The number of nitrogens with zero attached hydrogens (tertiary/aromatic N) is 4. The molecule has 8 nitrogen and oxygen atoms in total. The Morgan fingerprint density at radius 2 is 1.75 bits per heavy atom. The van der Waals surface area contributed by atoms with E-state index in [9.17, 15) is 5.11 Å². The van der Waals surface area contributed by atoms with E-state index in [0.29, 0.717) is 63.0 Å². The van der Waals surface area contributed by atoms with Gasteiger partial charge in [0.25, 0.3) is 0 Å².